The number of nitrogens with zero attached hydrogens (tertiary/aromatic N) is 2. The van der Waals surface area contributed by atoms with Crippen molar-refractivity contribution in [2.75, 3.05) is 13.4 Å². The number of amides is 1. The summed E-state index contributed by atoms with van der Waals surface area (Å²) in [6.07, 6.45) is 4.37. The van der Waals surface area contributed by atoms with Gasteiger partial charge < -0.3 is 19.1 Å². The second kappa shape index (κ2) is 7.88. The van der Waals surface area contributed by atoms with E-state index in [9.17, 15) is 4.79 Å². The Balaban J connectivity index is 1.63. The van der Waals surface area contributed by atoms with Crippen molar-refractivity contribution in [3.05, 3.63) is 48.3 Å². The smallest absolute Gasteiger partial charge is 0.261 e. The molecule has 25 heavy (non-hydrogen) atoms. The summed E-state index contributed by atoms with van der Waals surface area (Å²) in [5.41, 5.74) is 0.999. The average molecular weight is 342 g/mol. The number of aromatic nitrogens is 1. The molecule has 6 nitrogen and oxygen atoms in total. The van der Waals surface area contributed by atoms with Gasteiger partial charge in [-0.2, -0.15) is 0 Å². The Morgan fingerprint density at radius 2 is 2.16 bits per heavy atom. The van der Waals surface area contributed by atoms with Gasteiger partial charge in [0.25, 0.3) is 5.91 Å². The number of hydrogen-bond donors (Lipinski definition) is 0. The SMILES string of the molecule is CC[C@@H](C)N(Cc1cccnc1)C(=O)COc1ccc2c(c1)OCO2. The Bertz CT molecular complexity index is 721. The van der Waals surface area contributed by atoms with E-state index in [0.717, 1.165) is 12.0 Å². The molecule has 3 rings (SSSR count). The minimum Gasteiger partial charge on any atom is -0.484 e. The average Bonchev–Trinajstić information content (AvgIpc) is 3.12. The fourth-order valence-corrected chi connectivity index (χ4v) is 2.59. The van der Waals surface area contributed by atoms with E-state index in [1.807, 2.05) is 24.0 Å². The van der Waals surface area contributed by atoms with Crippen LogP contribution in [0.5, 0.6) is 17.2 Å². The molecule has 0 spiro atoms. The third-order valence-corrected chi connectivity index (χ3v) is 4.23. The van der Waals surface area contributed by atoms with Crippen LogP contribution in [0.15, 0.2) is 42.7 Å². The molecule has 0 aliphatic carbocycles. The number of fused-ring (bicyclic) bond motifs is 1. The van der Waals surface area contributed by atoms with Gasteiger partial charge in [0.05, 0.1) is 0 Å². The van der Waals surface area contributed by atoms with Crippen LogP contribution in [0.2, 0.25) is 0 Å². The molecule has 0 bridgehead atoms. The lowest BCUT2D eigenvalue weighted by Crippen LogP contribution is -2.40. The zero-order chi connectivity index (χ0) is 17.6. The topological polar surface area (TPSA) is 60.9 Å². The highest BCUT2D eigenvalue weighted by Gasteiger charge is 2.20. The molecular weight excluding hydrogens is 320 g/mol. The molecule has 0 radical (unpaired) electrons. The number of benzene rings is 1. The maximum absolute atomic E-state index is 12.7. The van der Waals surface area contributed by atoms with Gasteiger partial charge in [-0.1, -0.05) is 13.0 Å². The Morgan fingerprint density at radius 3 is 2.92 bits per heavy atom. The summed E-state index contributed by atoms with van der Waals surface area (Å²) in [4.78, 5) is 18.6. The van der Waals surface area contributed by atoms with E-state index in [0.29, 0.717) is 23.8 Å². The van der Waals surface area contributed by atoms with Crippen LogP contribution in [-0.4, -0.2) is 35.2 Å². The molecule has 1 atom stereocenters. The van der Waals surface area contributed by atoms with Crippen LogP contribution in [0, 0.1) is 0 Å². The second-order valence-corrected chi connectivity index (χ2v) is 5.94. The summed E-state index contributed by atoms with van der Waals surface area (Å²) in [5.74, 6) is 1.86. The Hall–Kier alpha value is -2.76. The molecule has 1 aliphatic rings. The first-order valence-corrected chi connectivity index (χ1v) is 8.38. The molecule has 132 valence electrons. The van der Waals surface area contributed by atoms with Crippen molar-refractivity contribution in [3.63, 3.8) is 0 Å². The van der Waals surface area contributed by atoms with Crippen LogP contribution >= 0.6 is 0 Å². The van der Waals surface area contributed by atoms with Gasteiger partial charge >= 0.3 is 0 Å². The van der Waals surface area contributed by atoms with Gasteiger partial charge in [-0.05, 0) is 37.1 Å². The fourth-order valence-electron chi connectivity index (χ4n) is 2.59. The first-order chi connectivity index (χ1) is 12.2. The Morgan fingerprint density at radius 1 is 1.32 bits per heavy atom. The maximum Gasteiger partial charge on any atom is 0.261 e. The van der Waals surface area contributed by atoms with Crippen molar-refractivity contribution < 1.29 is 19.0 Å². The zero-order valence-electron chi connectivity index (χ0n) is 14.5. The molecule has 1 aromatic heterocycles. The van der Waals surface area contributed by atoms with E-state index in [-0.39, 0.29) is 25.3 Å². The number of pyridine rings is 1. The van der Waals surface area contributed by atoms with E-state index in [1.54, 1.807) is 30.6 Å². The van der Waals surface area contributed by atoms with Crippen molar-refractivity contribution in [2.45, 2.75) is 32.9 Å². The summed E-state index contributed by atoms with van der Waals surface area (Å²) in [5, 5.41) is 0. The molecule has 0 fully saturated rings. The third kappa shape index (κ3) is 4.21. The van der Waals surface area contributed by atoms with Crippen molar-refractivity contribution in [1.29, 1.82) is 0 Å². The van der Waals surface area contributed by atoms with Crippen molar-refractivity contribution in [1.82, 2.24) is 9.88 Å². The predicted molar refractivity (Wildman–Crippen MR) is 92.6 cm³/mol. The lowest BCUT2D eigenvalue weighted by atomic mass is 10.2. The van der Waals surface area contributed by atoms with Gasteiger partial charge in [0.2, 0.25) is 6.79 Å². The summed E-state index contributed by atoms with van der Waals surface area (Å²) < 4.78 is 16.3. The molecule has 0 N–H and O–H groups in total. The number of carbonyl (C=O) groups excluding carboxylic acids is 1. The molecule has 0 saturated heterocycles. The van der Waals surface area contributed by atoms with Gasteiger partial charge in [0.15, 0.2) is 18.1 Å². The fraction of sp³-hybridized carbons (Fsp3) is 0.368. The molecule has 0 saturated carbocycles. The lowest BCUT2D eigenvalue weighted by molar-refractivity contribution is -0.136. The number of carbonyl (C=O) groups is 1. The van der Waals surface area contributed by atoms with E-state index in [2.05, 4.69) is 11.9 Å². The van der Waals surface area contributed by atoms with Gasteiger partial charge in [0.1, 0.15) is 5.75 Å². The summed E-state index contributed by atoms with van der Waals surface area (Å²) in [7, 11) is 0. The van der Waals surface area contributed by atoms with Gasteiger partial charge in [-0.25, -0.2) is 0 Å². The summed E-state index contributed by atoms with van der Waals surface area (Å²) >= 11 is 0. The highest BCUT2D eigenvalue weighted by Crippen LogP contribution is 2.35. The van der Waals surface area contributed by atoms with E-state index < -0.39 is 0 Å². The molecule has 1 aliphatic heterocycles. The highest BCUT2D eigenvalue weighted by atomic mass is 16.7. The minimum atomic E-state index is -0.0594. The van der Waals surface area contributed by atoms with Crippen molar-refractivity contribution in [2.24, 2.45) is 0 Å². The maximum atomic E-state index is 12.7. The highest BCUT2D eigenvalue weighted by molar-refractivity contribution is 5.78. The lowest BCUT2D eigenvalue weighted by Gasteiger charge is -2.28. The number of rotatable bonds is 7. The van der Waals surface area contributed by atoms with E-state index in [1.165, 1.54) is 0 Å². The van der Waals surface area contributed by atoms with Crippen LogP contribution in [-0.2, 0) is 11.3 Å². The van der Waals surface area contributed by atoms with Crippen LogP contribution in [0.3, 0.4) is 0 Å². The molecule has 2 heterocycles. The normalized spacial score (nSPS) is 13.4. The molecule has 2 aromatic rings. The predicted octanol–water partition coefficient (Wildman–Crippen LogP) is 3.02. The molecular formula is C19H22N2O4. The van der Waals surface area contributed by atoms with Crippen LogP contribution in [0.4, 0.5) is 0 Å². The third-order valence-electron chi connectivity index (χ3n) is 4.23. The van der Waals surface area contributed by atoms with E-state index >= 15 is 0 Å². The van der Waals surface area contributed by atoms with Gasteiger partial charge in [-0.15, -0.1) is 0 Å². The standard InChI is InChI=1S/C19H22N2O4/c1-3-14(2)21(11-15-5-4-8-20-10-15)19(22)12-23-16-6-7-17-18(9-16)25-13-24-17/h4-10,14H,3,11-13H2,1-2H3/t14-/m1/s1. The van der Waals surface area contributed by atoms with Crippen molar-refractivity contribution in [3.8, 4) is 17.2 Å². The monoisotopic (exact) mass is 342 g/mol. The number of hydrogen-bond acceptors (Lipinski definition) is 5. The first-order valence-electron chi connectivity index (χ1n) is 8.38. The van der Waals surface area contributed by atoms with Crippen LogP contribution in [0.25, 0.3) is 0 Å². The Labute approximate surface area is 147 Å². The zero-order valence-corrected chi connectivity index (χ0v) is 14.5. The van der Waals surface area contributed by atoms with Gasteiger partial charge in [0, 0.05) is 31.0 Å². The van der Waals surface area contributed by atoms with Crippen LogP contribution < -0.4 is 14.2 Å². The first kappa shape index (κ1) is 17.1. The van der Waals surface area contributed by atoms with Crippen LogP contribution in [0.1, 0.15) is 25.8 Å². The largest absolute Gasteiger partial charge is 0.484 e. The number of ether oxygens (including phenoxy) is 3. The molecule has 1 aromatic carbocycles. The minimum absolute atomic E-state index is 0.0236. The quantitative estimate of drug-likeness (QED) is 0.774. The Kier molecular flexibility index (Phi) is 5.38. The molecule has 1 amide bonds. The summed E-state index contributed by atoms with van der Waals surface area (Å²) in [6.45, 7) is 4.81. The van der Waals surface area contributed by atoms with E-state index in [4.69, 9.17) is 14.2 Å². The molecule has 6 heteroatoms. The second-order valence-electron chi connectivity index (χ2n) is 5.94. The summed E-state index contributed by atoms with van der Waals surface area (Å²) in [6, 6.07) is 9.25. The van der Waals surface area contributed by atoms with Gasteiger partial charge in [-0.3, -0.25) is 9.78 Å². The molecule has 0 unspecified atom stereocenters. The van der Waals surface area contributed by atoms with Crippen molar-refractivity contribution >= 4 is 5.91 Å².